The van der Waals surface area contributed by atoms with Crippen molar-refractivity contribution in [1.29, 1.82) is 0 Å². The Morgan fingerprint density at radius 1 is 1.25 bits per heavy atom. The molecule has 1 aromatic carbocycles. The number of carbonyl (C=O) groups is 1. The van der Waals surface area contributed by atoms with Gasteiger partial charge >= 0.3 is 0 Å². The van der Waals surface area contributed by atoms with Crippen LogP contribution in [0.15, 0.2) is 18.2 Å². The summed E-state index contributed by atoms with van der Waals surface area (Å²) in [5.74, 6) is -0.143. The lowest BCUT2D eigenvalue weighted by Crippen LogP contribution is -1.98. The zero-order valence-corrected chi connectivity index (χ0v) is 6.95. The Morgan fingerprint density at radius 3 is 2.17 bits per heavy atom. The summed E-state index contributed by atoms with van der Waals surface area (Å²) < 4.78 is 0. The van der Waals surface area contributed by atoms with Crippen molar-refractivity contribution in [3.8, 4) is 0 Å². The first-order valence-corrected chi connectivity index (χ1v) is 3.74. The van der Waals surface area contributed by atoms with Gasteiger partial charge in [-0.25, -0.2) is 0 Å². The van der Waals surface area contributed by atoms with E-state index in [9.17, 15) is 4.79 Å². The second-order valence-corrected chi connectivity index (χ2v) is 2.86. The van der Waals surface area contributed by atoms with Gasteiger partial charge in [-0.1, -0.05) is 6.92 Å². The van der Waals surface area contributed by atoms with Crippen molar-refractivity contribution in [3.05, 3.63) is 23.8 Å². The molecule has 0 spiro atoms. The summed E-state index contributed by atoms with van der Waals surface area (Å²) in [5.41, 5.74) is 13.2. The monoisotopic (exact) mass is 164 g/mol. The van der Waals surface area contributed by atoms with Crippen molar-refractivity contribution >= 4 is 17.7 Å². The highest BCUT2D eigenvalue weighted by Crippen LogP contribution is 2.19. The highest BCUT2D eigenvalue weighted by atomic mass is 16.1. The standard InChI is InChI=1S/C9H12N2O/c1-6(5-12)7-2-8(10)4-9(11)3-7/h2-6H,10-11H2,1H3. The fourth-order valence-electron chi connectivity index (χ4n) is 1.04. The predicted molar refractivity (Wildman–Crippen MR) is 49.7 cm³/mol. The fourth-order valence-corrected chi connectivity index (χ4v) is 1.04. The molecule has 0 radical (unpaired) electrons. The summed E-state index contributed by atoms with van der Waals surface area (Å²) in [4.78, 5) is 10.4. The lowest BCUT2D eigenvalue weighted by atomic mass is 10.0. The molecule has 0 aromatic heterocycles. The SMILES string of the molecule is CC(C=O)c1cc(N)cc(N)c1. The second-order valence-electron chi connectivity index (χ2n) is 2.86. The van der Waals surface area contributed by atoms with E-state index in [1.807, 2.05) is 0 Å². The zero-order chi connectivity index (χ0) is 9.14. The molecule has 1 rings (SSSR count). The van der Waals surface area contributed by atoms with Crippen molar-refractivity contribution in [2.45, 2.75) is 12.8 Å². The Bertz CT molecular complexity index is 276. The van der Waals surface area contributed by atoms with E-state index in [1.165, 1.54) is 0 Å². The molecule has 0 aliphatic heterocycles. The lowest BCUT2D eigenvalue weighted by molar-refractivity contribution is -0.108. The van der Waals surface area contributed by atoms with Crippen LogP contribution in [-0.4, -0.2) is 6.29 Å². The molecule has 0 heterocycles. The molecule has 0 saturated carbocycles. The second kappa shape index (κ2) is 3.26. The van der Waals surface area contributed by atoms with E-state index in [2.05, 4.69) is 0 Å². The van der Waals surface area contributed by atoms with Gasteiger partial charge in [0.05, 0.1) is 0 Å². The Morgan fingerprint density at radius 2 is 1.75 bits per heavy atom. The molecule has 12 heavy (non-hydrogen) atoms. The van der Waals surface area contributed by atoms with Gasteiger partial charge in [-0.2, -0.15) is 0 Å². The van der Waals surface area contributed by atoms with Gasteiger partial charge in [0.15, 0.2) is 0 Å². The highest BCUT2D eigenvalue weighted by Gasteiger charge is 2.04. The van der Waals surface area contributed by atoms with Crippen molar-refractivity contribution in [2.24, 2.45) is 0 Å². The predicted octanol–water partition coefficient (Wildman–Crippen LogP) is 1.15. The highest BCUT2D eigenvalue weighted by molar-refractivity contribution is 5.65. The average molecular weight is 164 g/mol. The number of hydrogen-bond donors (Lipinski definition) is 2. The van der Waals surface area contributed by atoms with Gasteiger partial charge in [-0.15, -0.1) is 0 Å². The summed E-state index contributed by atoms with van der Waals surface area (Å²) >= 11 is 0. The van der Waals surface area contributed by atoms with Crippen molar-refractivity contribution in [3.63, 3.8) is 0 Å². The number of benzene rings is 1. The minimum atomic E-state index is -0.143. The van der Waals surface area contributed by atoms with Crippen LogP contribution in [0.2, 0.25) is 0 Å². The normalized spacial score (nSPS) is 12.4. The molecule has 0 fully saturated rings. The molecule has 0 aliphatic rings. The third-order valence-electron chi connectivity index (χ3n) is 1.73. The summed E-state index contributed by atoms with van der Waals surface area (Å²) in [6, 6.07) is 5.19. The number of nitrogens with two attached hydrogens (primary N) is 2. The van der Waals surface area contributed by atoms with Crippen LogP contribution in [0.3, 0.4) is 0 Å². The van der Waals surface area contributed by atoms with Crippen molar-refractivity contribution in [1.82, 2.24) is 0 Å². The number of anilines is 2. The van der Waals surface area contributed by atoms with E-state index in [-0.39, 0.29) is 5.92 Å². The molecule has 1 atom stereocenters. The summed E-state index contributed by atoms with van der Waals surface area (Å²) in [6.45, 7) is 1.81. The summed E-state index contributed by atoms with van der Waals surface area (Å²) in [5, 5.41) is 0. The maximum absolute atomic E-state index is 10.4. The van der Waals surface area contributed by atoms with Crippen LogP contribution in [0.1, 0.15) is 18.4 Å². The Balaban J connectivity index is 3.08. The molecule has 64 valence electrons. The van der Waals surface area contributed by atoms with Gasteiger partial charge in [0.25, 0.3) is 0 Å². The van der Waals surface area contributed by atoms with E-state index in [4.69, 9.17) is 11.5 Å². The van der Waals surface area contributed by atoms with Gasteiger partial charge in [-0.3, -0.25) is 0 Å². The van der Waals surface area contributed by atoms with Crippen LogP contribution in [0, 0.1) is 0 Å². The maximum Gasteiger partial charge on any atom is 0.127 e. The van der Waals surface area contributed by atoms with E-state index in [1.54, 1.807) is 25.1 Å². The Kier molecular flexibility index (Phi) is 2.33. The van der Waals surface area contributed by atoms with Crippen LogP contribution < -0.4 is 11.5 Å². The van der Waals surface area contributed by atoms with Gasteiger partial charge in [0.1, 0.15) is 6.29 Å². The van der Waals surface area contributed by atoms with Crippen LogP contribution in [0.25, 0.3) is 0 Å². The molecule has 1 aromatic rings. The first-order chi connectivity index (χ1) is 5.63. The molecule has 0 bridgehead atoms. The van der Waals surface area contributed by atoms with Crippen LogP contribution in [0.5, 0.6) is 0 Å². The van der Waals surface area contributed by atoms with Gasteiger partial charge in [-0.05, 0) is 23.8 Å². The molecule has 0 saturated heterocycles. The number of aldehydes is 1. The van der Waals surface area contributed by atoms with E-state index in [0.29, 0.717) is 11.4 Å². The Labute approximate surface area is 71.4 Å². The minimum absolute atomic E-state index is 0.143. The summed E-state index contributed by atoms with van der Waals surface area (Å²) in [7, 11) is 0. The quantitative estimate of drug-likeness (QED) is 0.509. The largest absolute Gasteiger partial charge is 0.399 e. The van der Waals surface area contributed by atoms with Crippen molar-refractivity contribution < 1.29 is 4.79 Å². The molecule has 0 amide bonds. The van der Waals surface area contributed by atoms with E-state index in [0.717, 1.165) is 11.8 Å². The van der Waals surface area contributed by atoms with Crippen LogP contribution in [-0.2, 0) is 4.79 Å². The topological polar surface area (TPSA) is 69.1 Å². The molecule has 3 nitrogen and oxygen atoms in total. The molecule has 3 heteroatoms. The smallest absolute Gasteiger partial charge is 0.127 e. The molecular formula is C9H12N2O. The van der Waals surface area contributed by atoms with Crippen LogP contribution >= 0.6 is 0 Å². The maximum atomic E-state index is 10.4. The molecule has 1 unspecified atom stereocenters. The molecule has 0 aliphatic carbocycles. The first kappa shape index (κ1) is 8.59. The molecule has 4 N–H and O–H groups in total. The fraction of sp³-hybridized carbons (Fsp3) is 0.222. The summed E-state index contributed by atoms with van der Waals surface area (Å²) in [6.07, 6.45) is 0.869. The van der Waals surface area contributed by atoms with E-state index >= 15 is 0 Å². The Hall–Kier alpha value is -1.51. The van der Waals surface area contributed by atoms with Gasteiger partial charge < -0.3 is 16.3 Å². The van der Waals surface area contributed by atoms with Gasteiger partial charge in [0.2, 0.25) is 0 Å². The van der Waals surface area contributed by atoms with Crippen molar-refractivity contribution in [2.75, 3.05) is 11.5 Å². The number of nitrogen functional groups attached to an aromatic ring is 2. The number of hydrogen-bond acceptors (Lipinski definition) is 3. The van der Waals surface area contributed by atoms with Gasteiger partial charge in [0, 0.05) is 17.3 Å². The average Bonchev–Trinajstić information content (AvgIpc) is 2.01. The third-order valence-corrected chi connectivity index (χ3v) is 1.73. The lowest BCUT2D eigenvalue weighted by Gasteiger charge is -2.06. The zero-order valence-electron chi connectivity index (χ0n) is 6.95. The number of rotatable bonds is 2. The third kappa shape index (κ3) is 1.75. The molecular weight excluding hydrogens is 152 g/mol. The first-order valence-electron chi connectivity index (χ1n) is 3.74. The van der Waals surface area contributed by atoms with E-state index < -0.39 is 0 Å². The van der Waals surface area contributed by atoms with Crippen LogP contribution in [0.4, 0.5) is 11.4 Å². The number of carbonyl (C=O) groups excluding carboxylic acids is 1. The minimum Gasteiger partial charge on any atom is -0.399 e.